The maximum atomic E-state index is 12.2. The van der Waals surface area contributed by atoms with Gasteiger partial charge in [0.05, 0.1) is 11.7 Å². The van der Waals surface area contributed by atoms with Gasteiger partial charge >= 0.3 is 0 Å². The second kappa shape index (κ2) is 8.08. The van der Waals surface area contributed by atoms with Gasteiger partial charge in [0, 0.05) is 6.42 Å². The predicted molar refractivity (Wildman–Crippen MR) is 93.7 cm³/mol. The molecule has 1 amide bonds. The van der Waals surface area contributed by atoms with E-state index in [1.54, 1.807) is 11.0 Å². The first-order chi connectivity index (χ1) is 11.7. The van der Waals surface area contributed by atoms with Gasteiger partial charge in [-0.05, 0) is 37.0 Å². The van der Waals surface area contributed by atoms with E-state index in [1.165, 1.54) is 38.4 Å². The molecular weight excluding hydrogens is 300 g/mol. The highest BCUT2D eigenvalue weighted by molar-refractivity contribution is 5.76. The molecule has 128 valence electrons. The Balaban J connectivity index is 1.48. The maximum absolute atomic E-state index is 12.2. The smallest absolute Gasteiger partial charge is 0.220 e. The number of amides is 1. The summed E-state index contributed by atoms with van der Waals surface area (Å²) in [6.07, 6.45) is 11.5. The molecule has 0 bridgehead atoms. The first kappa shape index (κ1) is 16.7. The normalized spacial score (nSPS) is 16.7. The molecule has 1 aliphatic rings. The van der Waals surface area contributed by atoms with Crippen molar-refractivity contribution in [2.75, 3.05) is 0 Å². The van der Waals surface area contributed by atoms with Crippen LogP contribution in [0.1, 0.15) is 63.5 Å². The van der Waals surface area contributed by atoms with Crippen LogP contribution in [0.3, 0.4) is 0 Å². The zero-order valence-electron chi connectivity index (χ0n) is 14.3. The summed E-state index contributed by atoms with van der Waals surface area (Å²) in [7, 11) is 0. The molecule has 1 N–H and O–H groups in total. The van der Waals surface area contributed by atoms with Crippen LogP contribution >= 0.6 is 0 Å². The molecule has 24 heavy (non-hydrogen) atoms. The predicted octanol–water partition coefficient (Wildman–Crippen LogP) is 3.81. The fraction of sp³-hybridized carbons (Fsp3) is 0.526. The average molecular weight is 326 g/mol. The third kappa shape index (κ3) is 4.43. The van der Waals surface area contributed by atoms with E-state index in [-0.39, 0.29) is 11.9 Å². The van der Waals surface area contributed by atoms with E-state index in [9.17, 15) is 4.79 Å². The molecule has 1 heterocycles. The number of nitrogens with zero attached hydrogens (tertiary/aromatic N) is 3. The summed E-state index contributed by atoms with van der Waals surface area (Å²) < 4.78 is 1.72. The molecule has 1 aromatic carbocycles. The number of rotatable bonds is 6. The lowest BCUT2D eigenvalue weighted by Gasteiger charge is -2.21. The van der Waals surface area contributed by atoms with Gasteiger partial charge in [0.25, 0.3) is 0 Å². The Kier molecular flexibility index (Phi) is 5.62. The van der Waals surface area contributed by atoms with Crippen LogP contribution < -0.4 is 5.32 Å². The Hall–Kier alpha value is -2.17. The van der Waals surface area contributed by atoms with E-state index >= 15 is 0 Å². The molecule has 0 radical (unpaired) electrons. The van der Waals surface area contributed by atoms with Crippen molar-refractivity contribution < 1.29 is 4.79 Å². The maximum Gasteiger partial charge on any atom is 0.220 e. The Morgan fingerprint density at radius 2 is 2.00 bits per heavy atom. The number of nitrogens with one attached hydrogen (secondary N) is 1. The molecular formula is C19H26N4O. The summed E-state index contributed by atoms with van der Waals surface area (Å²) in [6.45, 7) is 2.03. The van der Waals surface area contributed by atoms with Crippen molar-refractivity contribution in [2.45, 2.75) is 57.9 Å². The molecule has 2 aromatic rings. The Labute approximate surface area is 143 Å². The fourth-order valence-electron chi connectivity index (χ4n) is 3.47. The molecule has 0 saturated heterocycles. The van der Waals surface area contributed by atoms with Crippen molar-refractivity contribution in [1.82, 2.24) is 20.1 Å². The molecule has 1 aliphatic carbocycles. The lowest BCUT2D eigenvalue weighted by molar-refractivity contribution is -0.122. The van der Waals surface area contributed by atoms with Gasteiger partial charge in [0.15, 0.2) is 0 Å². The van der Waals surface area contributed by atoms with E-state index in [0.717, 1.165) is 23.6 Å². The monoisotopic (exact) mass is 326 g/mol. The number of carbonyl (C=O) groups is 1. The third-order valence-electron chi connectivity index (χ3n) is 4.96. The molecule has 0 unspecified atom stereocenters. The number of aromatic nitrogens is 3. The molecule has 3 rings (SSSR count). The van der Waals surface area contributed by atoms with Crippen LogP contribution in [0.5, 0.6) is 0 Å². The van der Waals surface area contributed by atoms with E-state index in [0.29, 0.717) is 6.42 Å². The van der Waals surface area contributed by atoms with Gasteiger partial charge in [-0.3, -0.25) is 4.79 Å². The Morgan fingerprint density at radius 3 is 2.67 bits per heavy atom. The van der Waals surface area contributed by atoms with E-state index in [1.807, 2.05) is 31.2 Å². The minimum Gasteiger partial charge on any atom is -0.350 e. The zero-order valence-corrected chi connectivity index (χ0v) is 14.3. The molecule has 1 aromatic heterocycles. The summed E-state index contributed by atoms with van der Waals surface area (Å²) in [5.74, 6) is 0.912. The van der Waals surface area contributed by atoms with Crippen molar-refractivity contribution in [3.05, 3.63) is 42.5 Å². The van der Waals surface area contributed by atoms with Gasteiger partial charge in [-0.15, -0.1) is 0 Å². The van der Waals surface area contributed by atoms with Gasteiger partial charge in [-0.25, -0.2) is 9.67 Å². The highest BCUT2D eigenvalue weighted by Gasteiger charge is 2.16. The van der Waals surface area contributed by atoms with Crippen LogP contribution in [0.25, 0.3) is 5.69 Å². The van der Waals surface area contributed by atoms with Crippen molar-refractivity contribution >= 4 is 5.91 Å². The Bertz CT molecular complexity index is 630. The highest BCUT2D eigenvalue weighted by Crippen LogP contribution is 2.27. The van der Waals surface area contributed by atoms with Gasteiger partial charge in [-0.1, -0.05) is 44.2 Å². The Morgan fingerprint density at radius 1 is 1.25 bits per heavy atom. The quantitative estimate of drug-likeness (QED) is 0.878. The number of benzene rings is 1. The van der Waals surface area contributed by atoms with Crippen molar-refractivity contribution in [2.24, 2.45) is 5.92 Å². The van der Waals surface area contributed by atoms with Crippen molar-refractivity contribution in [3.8, 4) is 5.69 Å². The SMILES string of the molecule is C[C@@H](NC(=O)CCC1CCCCC1)c1ccc(-n2cncn2)cc1. The number of hydrogen-bond donors (Lipinski definition) is 1. The minimum absolute atomic E-state index is 0.0219. The van der Waals surface area contributed by atoms with Gasteiger partial charge in [0.1, 0.15) is 12.7 Å². The van der Waals surface area contributed by atoms with Crippen LogP contribution in [0, 0.1) is 5.92 Å². The lowest BCUT2D eigenvalue weighted by Crippen LogP contribution is -2.27. The summed E-state index contributed by atoms with van der Waals surface area (Å²) in [5.41, 5.74) is 2.07. The molecule has 5 heteroatoms. The molecule has 0 aliphatic heterocycles. The minimum atomic E-state index is 0.0219. The summed E-state index contributed by atoms with van der Waals surface area (Å²) in [4.78, 5) is 16.1. The average Bonchev–Trinajstić information content (AvgIpc) is 3.16. The topological polar surface area (TPSA) is 59.8 Å². The molecule has 1 atom stereocenters. The van der Waals surface area contributed by atoms with E-state index in [4.69, 9.17) is 0 Å². The highest BCUT2D eigenvalue weighted by atomic mass is 16.1. The number of carbonyl (C=O) groups excluding carboxylic acids is 1. The van der Waals surface area contributed by atoms with Crippen LogP contribution in [0.15, 0.2) is 36.9 Å². The lowest BCUT2D eigenvalue weighted by atomic mass is 9.86. The zero-order chi connectivity index (χ0) is 16.8. The second-order valence-corrected chi connectivity index (χ2v) is 6.76. The first-order valence-electron chi connectivity index (χ1n) is 8.96. The fourth-order valence-corrected chi connectivity index (χ4v) is 3.47. The molecule has 0 spiro atoms. The third-order valence-corrected chi connectivity index (χ3v) is 4.96. The number of hydrogen-bond acceptors (Lipinski definition) is 3. The van der Waals surface area contributed by atoms with E-state index in [2.05, 4.69) is 15.4 Å². The molecule has 1 fully saturated rings. The largest absolute Gasteiger partial charge is 0.350 e. The summed E-state index contributed by atoms with van der Waals surface area (Å²) >= 11 is 0. The van der Waals surface area contributed by atoms with Crippen LogP contribution in [-0.4, -0.2) is 20.7 Å². The van der Waals surface area contributed by atoms with Gasteiger partial charge < -0.3 is 5.32 Å². The van der Waals surface area contributed by atoms with Crippen LogP contribution in [0.4, 0.5) is 0 Å². The molecule has 5 nitrogen and oxygen atoms in total. The summed E-state index contributed by atoms with van der Waals surface area (Å²) in [5, 5.41) is 7.23. The van der Waals surface area contributed by atoms with Crippen LogP contribution in [0.2, 0.25) is 0 Å². The van der Waals surface area contributed by atoms with Crippen LogP contribution in [-0.2, 0) is 4.79 Å². The second-order valence-electron chi connectivity index (χ2n) is 6.76. The first-order valence-corrected chi connectivity index (χ1v) is 8.96. The van der Waals surface area contributed by atoms with Crippen molar-refractivity contribution in [1.29, 1.82) is 0 Å². The van der Waals surface area contributed by atoms with E-state index < -0.39 is 0 Å². The summed E-state index contributed by atoms with van der Waals surface area (Å²) in [6, 6.07) is 8.07. The molecule has 1 saturated carbocycles. The standard InChI is InChI=1S/C19H26N4O/c1-15(22-19(24)12-7-16-5-3-2-4-6-16)17-8-10-18(11-9-17)23-14-20-13-21-23/h8-11,13-16H,2-7,12H2,1H3,(H,22,24)/t15-/m1/s1. The van der Waals surface area contributed by atoms with Gasteiger partial charge in [-0.2, -0.15) is 5.10 Å². The van der Waals surface area contributed by atoms with Gasteiger partial charge in [0.2, 0.25) is 5.91 Å². The van der Waals surface area contributed by atoms with Crippen molar-refractivity contribution in [3.63, 3.8) is 0 Å².